The van der Waals surface area contributed by atoms with Gasteiger partial charge in [0.15, 0.2) is 0 Å². The van der Waals surface area contributed by atoms with Gasteiger partial charge in [0.1, 0.15) is 13.0 Å². The van der Waals surface area contributed by atoms with Gasteiger partial charge in [-0.2, -0.15) is 0 Å². The van der Waals surface area contributed by atoms with Crippen molar-refractivity contribution in [3.05, 3.63) is 45.8 Å². The Labute approximate surface area is 134 Å². The molecule has 2 aromatic rings. The van der Waals surface area contributed by atoms with E-state index in [0.717, 1.165) is 10.4 Å². The highest BCUT2D eigenvalue weighted by Gasteiger charge is 2.16. The van der Waals surface area contributed by atoms with Crippen LogP contribution in [-0.4, -0.2) is 19.1 Å². The molecule has 0 saturated heterocycles. The largest absolute Gasteiger partial charge is 0.477 e. The van der Waals surface area contributed by atoms with Gasteiger partial charge < -0.3 is 5.11 Å². The molecule has 1 N–H and O–H groups in total. The van der Waals surface area contributed by atoms with Crippen LogP contribution in [0.4, 0.5) is 0 Å². The summed E-state index contributed by atoms with van der Waals surface area (Å²) in [5.41, 5.74) is 4.77. The van der Waals surface area contributed by atoms with Crippen LogP contribution in [0.5, 0.6) is 0 Å². The van der Waals surface area contributed by atoms with Crippen molar-refractivity contribution in [2.24, 2.45) is 0 Å². The molecule has 2 nitrogen and oxygen atoms in total. The highest BCUT2D eigenvalue weighted by molar-refractivity contribution is 7.17. The Morgan fingerprint density at radius 3 is 2.38 bits per heavy atom. The number of hydrogen-bond acceptors (Lipinski definition) is 2. The number of benzene rings is 1. The molecule has 1 heterocycles. The lowest BCUT2D eigenvalue weighted by Gasteiger charge is -2.02. The maximum Gasteiger partial charge on any atom is 0.347 e. The minimum absolute atomic E-state index is 0.297. The fourth-order valence-electron chi connectivity index (χ4n) is 1.65. The lowest BCUT2D eigenvalue weighted by Crippen LogP contribution is -2.16. The van der Waals surface area contributed by atoms with E-state index in [0.29, 0.717) is 15.5 Å². The second kappa shape index (κ2) is 6.06. The lowest BCUT2D eigenvalue weighted by atomic mass is 10.1. The summed E-state index contributed by atoms with van der Waals surface area (Å²) in [5, 5.41) is 9.99. The standard InChI is InChI=1S/C16H15ClO2SSi/c1-21(2,3)9-8-12-10-14(20-15(12)16(18)19)11-4-6-13(17)7-5-11/h4-7,10H,1-3H3,(H,18,19). The molecule has 21 heavy (non-hydrogen) atoms. The summed E-state index contributed by atoms with van der Waals surface area (Å²) in [6.45, 7) is 6.40. The van der Waals surface area contributed by atoms with Crippen molar-refractivity contribution in [3.63, 3.8) is 0 Å². The van der Waals surface area contributed by atoms with Gasteiger partial charge in [-0.15, -0.1) is 16.9 Å². The molecule has 0 radical (unpaired) electrons. The molecule has 0 aliphatic heterocycles. The van der Waals surface area contributed by atoms with E-state index in [2.05, 4.69) is 31.1 Å². The number of carbonyl (C=O) groups is 1. The van der Waals surface area contributed by atoms with Crippen LogP contribution >= 0.6 is 22.9 Å². The number of hydrogen-bond donors (Lipinski definition) is 1. The predicted octanol–water partition coefficient (Wildman–Crippen LogP) is 5.00. The Kier molecular flexibility index (Phi) is 4.57. The molecule has 0 bridgehead atoms. The fraction of sp³-hybridized carbons (Fsp3) is 0.188. The van der Waals surface area contributed by atoms with Gasteiger partial charge in [0.25, 0.3) is 0 Å². The third-order valence-electron chi connectivity index (χ3n) is 2.63. The average molecular weight is 335 g/mol. The zero-order valence-corrected chi connectivity index (χ0v) is 14.6. The third-order valence-corrected chi connectivity index (χ3v) is 4.93. The molecule has 5 heteroatoms. The Balaban J connectivity index is 2.48. The Morgan fingerprint density at radius 1 is 1.24 bits per heavy atom. The van der Waals surface area contributed by atoms with E-state index in [-0.39, 0.29) is 0 Å². The zero-order chi connectivity index (χ0) is 15.6. The summed E-state index contributed by atoms with van der Waals surface area (Å²) in [6, 6.07) is 9.21. The molecular formula is C16H15ClO2SSi. The van der Waals surface area contributed by atoms with Crippen LogP contribution in [0.2, 0.25) is 24.7 Å². The van der Waals surface area contributed by atoms with Crippen LogP contribution < -0.4 is 0 Å². The highest BCUT2D eigenvalue weighted by Crippen LogP contribution is 2.32. The van der Waals surface area contributed by atoms with Crippen molar-refractivity contribution in [2.75, 3.05) is 0 Å². The summed E-state index contributed by atoms with van der Waals surface area (Å²) < 4.78 is 0. The first-order valence-corrected chi connectivity index (χ1v) is 11.1. The molecule has 0 atom stereocenters. The molecule has 108 valence electrons. The first-order chi connectivity index (χ1) is 9.76. The number of thiophene rings is 1. The van der Waals surface area contributed by atoms with E-state index < -0.39 is 14.0 Å². The van der Waals surface area contributed by atoms with Crippen LogP contribution in [0, 0.1) is 11.5 Å². The SMILES string of the molecule is C[Si](C)(C)C#Cc1cc(-c2ccc(Cl)cc2)sc1C(=O)O. The summed E-state index contributed by atoms with van der Waals surface area (Å²) >= 11 is 7.12. The Hall–Kier alpha value is -1.54. The van der Waals surface area contributed by atoms with Crippen LogP contribution in [0.25, 0.3) is 10.4 Å². The van der Waals surface area contributed by atoms with Crippen molar-refractivity contribution in [1.29, 1.82) is 0 Å². The maximum atomic E-state index is 11.4. The number of halogens is 1. The quantitative estimate of drug-likeness (QED) is 0.620. The van der Waals surface area contributed by atoms with Gasteiger partial charge in [-0.05, 0) is 23.8 Å². The molecule has 1 aromatic carbocycles. The number of carboxylic acids is 1. The molecule has 2 rings (SSSR count). The van der Waals surface area contributed by atoms with Gasteiger partial charge in [0, 0.05) is 15.5 Å². The van der Waals surface area contributed by atoms with E-state index >= 15 is 0 Å². The number of rotatable bonds is 2. The van der Waals surface area contributed by atoms with E-state index in [1.54, 1.807) is 12.1 Å². The smallest absolute Gasteiger partial charge is 0.347 e. The van der Waals surface area contributed by atoms with Gasteiger partial charge in [-0.25, -0.2) is 4.79 Å². The van der Waals surface area contributed by atoms with Crippen LogP contribution in [0.3, 0.4) is 0 Å². The summed E-state index contributed by atoms with van der Waals surface area (Å²) in [7, 11) is -1.54. The summed E-state index contributed by atoms with van der Waals surface area (Å²) in [4.78, 5) is 12.6. The van der Waals surface area contributed by atoms with Gasteiger partial charge in [-0.3, -0.25) is 0 Å². The molecule has 1 aromatic heterocycles. The minimum atomic E-state index is -1.54. The number of aromatic carboxylic acids is 1. The van der Waals surface area contributed by atoms with E-state index in [1.165, 1.54) is 11.3 Å². The predicted molar refractivity (Wildman–Crippen MR) is 91.9 cm³/mol. The third kappa shape index (κ3) is 4.21. The molecule has 0 saturated carbocycles. The van der Waals surface area contributed by atoms with Crippen molar-refractivity contribution in [1.82, 2.24) is 0 Å². The van der Waals surface area contributed by atoms with Crippen molar-refractivity contribution in [2.45, 2.75) is 19.6 Å². The second-order valence-electron chi connectivity index (χ2n) is 5.67. The first-order valence-electron chi connectivity index (χ1n) is 6.42. The molecule has 0 unspecified atom stereocenters. The second-order valence-corrected chi connectivity index (χ2v) is 11.9. The fourth-order valence-corrected chi connectivity index (χ4v) is 3.25. The first kappa shape index (κ1) is 15.8. The summed E-state index contributed by atoms with van der Waals surface area (Å²) in [6.07, 6.45) is 0. The molecule has 0 aliphatic carbocycles. The van der Waals surface area contributed by atoms with Gasteiger partial charge in [-0.1, -0.05) is 49.3 Å². The van der Waals surface area contributed by atoms with E-state index in [4.69, 9.17) is 11.6 Å². The van der Waals surface area contributed by atoms with Crippen LogP contribution in [0.1, 0.15) is 15.2 Å². The Bertz CT molecular complexity index is 730. The number of carboxylic acid groups (broad SMARTS) is 1. The van der Waals surface area contributed by atoms with E-state index in [1.807, 2.05) is 18.2 Å². The molecule has 0 aliphatic rings. The zero-order valence-electron chi connectivity index (χ0n) is 12.0. The molecule has 0 amide bonds. The van der Waals surface area contributed by atoms with Crippen molar-refractivity contribution in [3.8, 4) is 21.9 Å². The van der Waals surface area contributed by atoms with Gasteiger partial charge in [0.05, 0.1) is 0 Å². The maximum absolute atomic E-state index is 11.4. The van der Waals surface area contributed by atoms with E-state index in [9.17, 15) is 9.90 Å². The van der Waals surface area contributed by atoms with Crippen molar-refractivity contribution < 1.29 is 9.90 Å². The molecule has 0 spiro atoms. The van der Waals surface area contributed by atoms with Crippen LogP contribution in [-0.2, 0) is 0 Å². The summed E-state index contributed by atoms with van der Waals surface area (Å²) in [5.74, 6) is 2.12. The highest BCUT2D eigenvalue weighted by atomic mass is 35.5. The lowest BCUT2D eigenvalue weighted by molar-refractivity contribution is 0.0702. The van der Waals surface area contributed by atoms with Gasteiger partial charge in [0.2, 0.25) is 0 Å². The average Bonchev–Trinajstić information content (AvgIpc) is 2.81. The normalized spacial score (nSPS) is 10.9. The van der Waals surface area contributed by atoms with Gasteiger partial charge >= 0.3 is 5.97 Å². The molecule has 0 fully saturated rings. The Morgan fingerprint density at radius 2 is 1.86 bits per heavy atom. The van der Waals surface area contributed by atoms with Crippen molar-refractivity contribution >= 4 is 37.0 Å². The minimum Gasteiger partial charge on any atom is -0.477 e. The molecular weight excluding hydrogens is 320 g/mol. The topological polar surface area (TPSA) is 37.3 Å². The monoisotopic (exact) mass is 334 g/mol. The van der Waals surface area contributed by atoms with Crippen LogP contribution in [0.15, 0.2) is 30.3 Å².